The van der Waals surface area contributed by atoms with Crippen molar-refractivity contribution in [1.82, 2.24) is 5.32 Å². The lowest BCUT2D eigenvalue weighted by atomic mass is 10.1. The summed E-state index contributed by atoms with van der Waals surface area (Å²) >= 11 is 3.65. The van der Waals surface area contributed by atoms with Gasteiger partial charge in [0.2, 0.25) is 5.91 Å². The maximum absolute atomic E-state index is 11.3. The van der Waals surface area contributed by atoms with Crippen molar-refractivity contribution in [2.45, 2.75) is 39.3 Å². The van der Waals surface area contributed by atoms with Crippen LogP contribution >= 0.6 is 15.9 Å². The molecule has 0 radical (unpaired) electrons. The van der Waals surface area contributed by atoms with E-state index >= 15 is 0 Å². The van der Waals surface area contributed by atoms with Crippen LogP contribution < -0.4 is 16.0 Å². The predicted molar refractivity (Wildman–Crippen MR) is 90.2 cm³/mol. The molecule has 0 spiro atoms. The summed E-state index contributed by atoms with van der Waals surface area (Å²) in [5, 5.41) is 3.48. The number of benzene rings is 1. The zero-order chi connectivity index (χ0) is 15.6. The van der Waals surface area contributed by atoms with Crippen LogP contribution in [0.25, 0.3) is 0 Å². The van der Waals surface area contributed by atoms with Gasteiger partial charge in [0.05, 0.1) is 11.6 Å². The molecular weight excluding hydrogens is 330 g/mol. The minimum Gasteiger partial charge on any atom is -0.370 e. The number of amides is 1. The lowest BCUT2D eigenvalue weighted by Crippen LogP contribution is -2.35. The molecule has 0 aliphatic carbocycles. The molecule has 1 aliphatic rings. The zero-order valence-electron chi connectivity index (χ0n) is 12.9. The first-order valence-electron chi connectivity index (χ1n) is 7.34. The SMILES string of the molecule is CC(C)(C)NCc1ccc(N2CCC(C(N)=O)C2)c(Br)c1. The number of halogens is 1. The molecule has 0 bridgehead atoms. The second-order valence-corrected chi connectivity index (χ2v) is 7.58. The van der Waals surface area contributed by atoms with Gasteiger partial charge in [0.15, 0.2) is 0 Å². The summed E-state index contributed by atoms with van der Waals surface area (Å²) in [6.07, 6.45) is 0.842. The summed E-state index contributed by atoms with van der Waals surface area (Å²) in [6.45, 7) is 8.91. The third-order valence-electron chi connectivity index (χ3n) is 3.77. The third kappa shape index (κ3) is 4.45. The van der Waals surface area contributed by atoms with Crippen LogP contribution in [0.4, 0.5) is 5.69 Å². The highest BCUT2D eigenvalue weighted by molar-refractivity contribution is 9.10. The maximum atomic E-state index is 11.3. The van der Waals surface area contributed by atoms with Gasteiger partial charge in [-0.1, -0.05) is 6.07 Å². The fourth-order valence-corrected chi connectivity index (χ4v) is 3.17. The Morgan fingerprint density at radius 2 is 2.19 bits per heavy atom. The number of anilines is 1. The van der Waals surface area contributed by atoms with Crippen molar-refractivity contribution >= 4 is 27.5 Å². The molecule has 1 atom stereocenters. The molecule has 1 fully saturated rings. The summed E-state index contributed by atoms with van der Waals surface area (Å²) in [5.41, 5.74) is 7.88. The van der Waals surface area contributed by atoms with Gasteiger partial charge in [-0.3, -0.25) is 4.79 Å². The van der Waals surface area contributed by atoms with Gasteiger partial charge in [0, 0.05) is 29.6 Å². The van der Waals surface area contributed by atoms with Gasteiger partial charge in [-0.15, -0.1) is 0 Å². The first-order valence-corrected chi connectivity index (χ1v) is 8.13. The molecule has 0 aromatic heterocycles. The highest BCUT2D eigenvalue weighted by Crippen LogP contribution is 2.31. The number of hydrogen-bond donors (Lipinski definition) is 2. The maximum Gasteiger partial charge on any atom is 0.222 e. The zero-order valence-corrected chi connectivity index (χ0v) is 14.5. The number of nitrogens with zero attached hydrogens (tertiary/aromatic N) is 1. The van der Waals surface area contributed by atoms with Crippen molar-refractivity contribution in [3.8, 4) is 0 Å². The van der Waals surface area contributed by atoms with Gasteiger partial charge in [0.1, 0.15) is 0 Å². The van der Waals surface area contributed by atoms with Crippen LogP contribution in [0, 0.1) is 5.92 Å². The molecule has 1 amide bonds. The number of rotatable bonds is 4. The molecule has 0 saturated carbocycles. The Morgan fingerprint density at radius 3 is 2.71 bits per heavy atom. The highest BCUT2D eigenvalue weighted by atomic mass is 79.9. The van der Waals surface area contributed by atoms with Gasteiger partial charge in [-0.25, -0.2) is 0 Å². The standard InChI is InChI=1S/C16H24BrN3O/c1-16(2,3)19-9-11-4-5-14(13(17)8-11)20-7-6-12(10-20)15(18)21/h4-5,8,12,19H,6-7,9-10H2,1-3H3,(H2,18,21). The summed E-state index contributed by atoms with van der Waals surface area (Å²) in [4.78, 5) is 13.5. The Labute approximate surface area is 135 Å². The normalized spacial score (nSPS) is 19.0. The van der Waals surface area contributed by atoms with E-state index in [-0.39, 0.29) is 17.4 Å². The topological polar surface area (TPSA) is 58.4 Å². The fraction of sp³-hybridized carbons (Fsp3) is 0.562. The number of hydrogen-bond acceptors (Lipinski definition) is 3. The molecule has 1 unspecified atom stereocenters. The van der Waals surface area contributed by atoms with Gasteiger partial charge in [-0.05, 0) is 60.8 Å². The van der Waals surface area contributed by atoms with E-state index in [9.17, 15) is 4.79 Å². The molecule has 21 heavy (non-hydrogen) atoms. The van der Waals surface area contributed by atoms with Crippen molar-refractivity contribution < 1.29 is 4.79 Å². The summed E-state index contributed by atoms with van der Waals surface area (Å²) in [7, 11) is 0. The van der Waals surface area contributed by atoms with Crippen molar-refractivity contribution in [2.75, 3.05) is 18.0 Å². The van der Waals surface area contributed by atoms with Crippen LogP contribution in [-0.2, 0) is 11.3 Å². The Hall–Kier alpha value is -1.07. The molecule has 2 rings (SSSR count). The highest BCUT2D eigenvalue weighted by Gasteiger charge is 2.27. The molecule has 1 heterocycles. The van der Waals surface area contributed by atoms with Crippen LogP contribution in [0.3, 0.4) is 0 Å². The van der Waals surface area contributed by atoms with Crippen molar-refractivity contribution in [3.05, 3.63) is 28.2 Å². The van der Waals surface area contributed by atoms with Gasteiger partial charge >= 0.3 is 0 Å². The largest absolute Gasteiger partial charge is 0.370 e. The van der Waals surface area contributed by atoms with Crippen LogP contribution in [0.15, 0.2) is 22.7 Å². The van der Waals surface area contributed by atoms with Gasteiger partial charge < -0.3 is 16.0 Å². The second-order valence-electron chi connectivity index (χ2n) is 6.72. The first kappa shape index (κ1) is 16.3. The number of primary amides is 1. The Morgan fingerprint density at radius 1 is 1.48 bits per heavy atom. The van der Waals surface area contributed by atoms with Crippen molar-refractivity contribution in [1.29, 1.82) is 0 Å². The van der Waals surface area contributed by atoms with Crippen LogP contribution in [0.1, 0.15) is 32.8 Å². The minimum absolute atomic E-state index is 0.0286. The van der Waals surface area contributed by atoms with E-state index in [0.29, 0.717) is 6.54 Å². The van der Waals surface area contributed by atoms with Gasteiger partial charge in [0.25, 0.3) is 0 Å². The monoisotopic (exact) mass is 353 g/mol. The third-order valence-corrected chi connectivity index (χ3v) is 4.40. The fourth-order valence-electron chi connectivity index (χ4n) is 2.50. The van der Waals surface area contributed by atoms with Gasteiger partial charge in [-0.2, -0.15) is 0 Å². The van der Waals surface area contributed by atoms with E-state index in [0.717, 1.165) is 29.7 Å². The molecule has 1 aromatic rings. The number of carbonyl (C=O) groups is 1. The molecule has 116 valence electrons. The van der Waals surface area contributed by atoms with E-state index in [2.05, 4.69) is 65.1 Å². The van der Waals surface area contributed by atoms with Crippen LogP contribution in [-0.4, -0.2) is 24.5 Å². The second kappa shape index (κ2) is 6.36. The molecule has 1 aromatic carbocycles. The summed E-state index contributed by atoms with van der Waals surface area (Å²) < 4.78 is 1.07. The molecule has 1 aliphatic heterocycles. The van der Waals surface area contributed by atoms with E-state index in [1.54, 1.807) is 0 Å². The predicted octanol–water partition coefficient (Wildman–Crippen LogP) is 2.65. The Balaban J connectivity index is 2.04. The average Bonchev–Trinajstić information content (AvgIpc) is 2.85. The van der Waals surface area contributed by atoms with Crippen LogP contribution in [0.2, 0.25) is 0 Å². The van der Waals surface area contributed by atoms with Crippen molar-refractivity contribution in [3.63, 3.8) is 0 Å². The molecule has 5 heteroatoms. The summed E-state index contributed by atoms with van der Waals surface area (Å²) in [5.74, 6) is -0.223. The lowest BCUT2D eigenvalue weighted by Gasteiger charge is -2.23. The number of nitrogens with one attached hydrogen (secondary N) is 1. The Kier molecular flexibility index (Phi) is 4.94. The molecular formula is C16H24BrN3O. The van der Waals surface area contributed by atoms with E-state index in [4.69, 9.17) is 5.73 Å². The quantitative estimate of drug-likeness (QED) is 0.874. The van der Waals surface area contributed by atoms with E-state index in [1.807, 2.05) is 0 Å². The van der Waals surface area contributed by atoms with Crippen molar-refractivity contribution in [2.24, 2.45) is 11.7 Å². The Bertz CT molecular complexity index is 525. The number of nitrogens with two attached hydrogens (primary N) is 1. The molecule has 4 nitrogen and oxygen atoms in total. The number of carbonyl (C=O) groups excluding carboxylic acids is 1. The van der Waals surface area contributed by atoms with Crippen LogP contribution in [0.5, 0.6) is 0 Å². The molecule has 1 saturated heterocycles. The molecule has 3 N–H and O–H groups in total. The lowest BCUT2D eigenvalue weighted by molar-refractivity contribution is -0.121. The minimum atomic E-state index is -0.195. The summed E-state index contributed by atoms with van der Waals surface area (Å²) in [6, 6.07) is 6.40. The van der Waals surface area contributed by atoms with E-state index < -0.39 is 0 Å². The van der Waals surface area contributed by atoms with E-state index in [1.165, 1.54) is 5.56 Å². The first-order chi connectivity index (χ1) is 9.76. The smallest absolute Gasteiger partial charge is 0.222 e. The average molecular weight is 354 g/mol.